The van der Waals surface area contributed by atoms with Crippen LogP contribution in [0.4, 0.5) is 5.69 Å². The van der Waals surface area contributed by atoms with Crippen LogP contribution in [0.1, 0.15) is 54.4 Å². The van der Waals surface area contributed by atoms with E-state index in [9.17, 15) is 0 Å². The summed E-state index contributed by atoms with van der Waals surface area (Å²) < 4.78 is 18.8. The second kappa shape index (κ2) is 12.1. The van der Waals surface area contributed by atoms with Gasteiger partial charge in [0.15, 0.2) is 0 Å². The summed E-state index contributed by atoms with van der Waals surface area (Å²) in [4.78, 5) is 2.49. The van der Waals surface area contributed by atoms with Gasteiger partial charge in [-0.3, -0.25) is 0 Å². The maximum absolute atomic E-state index is 6.48. The minimum absolute atomic E-state index is 0.0873. The SMILES string of the molecule is CCO[Si](CCCCN(c1ccccc1)C(C)(C)C)(OCC)OC(C)[SiH](C)C. The van der Waals surface area contributed by atoms with Crippen LogP contribution in [0, 0.1) is 0 Å². The van der Waals surface area contributed by atoms with Crippen molar-refractivity contribution in [3.05, 3.63) is 30.3 Å². The maximum atomic E-state index is 6.48. The lowest BCUT2D eigenvalue weighted by molar-refractivity contribution is 0.0585. The van der Waals surface area contributed by atoms with E-state index in [2.05, 4.69) is 76.0 Å². The van der Waals surface area contributed by atoms with Crippen molar-refractivity contribution in [2.24, 2.45) is 0 Å². The lowest BCUT2D eigenvalue weighted by Crippen LogP contribution is -2.50. The molecule has 0 aliphatic carbocycles. The summed E-state index contributed by atoms with van der Waals surface area (Å²) in [5, 5.41) is 0. The molecule has 0 spiro atoms. The number of nitrogens with zero attached hydrogens (tertiary/aromatic N) is 1. The molecular formula is C22H43NO3Si2. The molecule has 0 radical (unpaired) electrons. The highest BCUT2D eigenvalue weighted by Crippen LogP contribution is 2.26. The fourth-order valence-electron chi connectivity index (χ4n) is 3.24. The first-order valence-electron chi connectivity index (χ1n) is 10.9. The molecule has 1 rings (SSSR count). The van der Waals surface area contributed by atoms with Crippen molar-refractivity contribution in [3.63, 3.8) is 0 Å². The van der Waals surface area contributed by atoms with Crippen LogP contribution in [0.3, 0.4) is 0 Å². The van der Waals surface area contributed by atoms with Crippen LogP contribution in [0.2, 0.25) is 19.1 Å². The molecule has 1 atom stereocenters. The Morgan fingerprint density at radius 2 is 1.57 bits per heavy atom. The molecule has 0 aliphatic heterocycles. The van der Waals surface area contributed by atoms with E-state index in [-0.39, 0.29) is 11.3 Å². The normalized spacial score (nSPS) is 13.8. The van der Waals surface area contributed by atoms with Gasteiger partial charge >= 0.3 is 8.80 Å². The average molecular weight is 426 g/mol. The Bertz CT molecular complexity index is 528. The first-order chi connectivity index (χ1) is 13.1. The minimum atomic E-state index is -2.60. The summed E-state index contributed by atoms with van der Waals surface area (Å²) in [6.07, 6.45) is 2.15. The molecule has 0 amide bonds. The molecule has 4 nitrogen and oxygen atoms in total. The topological polar surface area (TPSA) is 30.9 Å². The van der Waals surface area contributed by atoms with Gasteiger partial charge in [-0.2, -0.15) is 0 Å². The molecule has 1 unspecified atom stereocenters. The fraction of sp³-hybridized carbons (Fsp3) is 0.727. The molecule has 28 heavy (non-hydrogen) atoms. The van der Waals surface area contributed by atoms with Crippen molar-refractivity contribution in [2.45, 2.75) is 84.8 Å². The number of hydrogen-bond donors (Lipinski definition) is 0. The summed E-state index contributed by atoms with van der Waals surface area (Å²) in [6.45, 7) is 20.1. The van der Waals surface area contributed by atoms with Gasteiger partial charge in [-0.1, -0.05) is 31.3 Å². The number of benzene rings is 1. The van der Waals surface area contributed by atoms with Gasteiger partial charge in [-0.15, -0.1) is 0 Å². The van der Waals surface area contributed by atoms with E-state index in [0.717, 1.165) is 25.4 Å². The van der Waals surface area contributed by atoms with E-state index >= 15 is 0 Å². The zero-order valence-corrected chi connectivity index (χ0v) is 21.6. The smallest absolute Gasteiger partial charge is 0.374 e. The molecule has 0 heterocycles. The number of rotatable bonds is 13. The largest absolute Gasteiger partial charge is 0.500 e. The molecule has 162 valence electrons. The summed E-state index contributed by atoms with van der Waals surface area (Å²) in [5.74, 6) is 0. The zero-order valence-electron chi connectivity index (χ0n) is 19.5. The van der Waals surface area contributed by atoms with Crippen molar-refractivity contribution >= 4 is 23.3 Å². The lowest BCUT2D eigenvalue weighted by Gasteiger charge is -2.38. The molecule has 1 aromatic carbocycles. The van der Waals surface area contributed by atoms with Crippen molar-refractivity contribution in [2.75, 3.05) is 24.7 Å². The van der Waals surface area contributed by atoms with Crippen LogP contribution in [0.5, 0.6) is 0 Å². The third-order valence-corrected chi connectivity index (χ3v) is 10.5. The average Bonchev–Trinajstić information content (AvgIpc) is 2.61. The molecular weight excluding hydrogens is 382 g/mol. The van der Waals surface area contributed by atoms with E-state index in [1.54, 1.807) is 0 Å². The van der Waals surface area contributed by atoms with Crippen LogP contribution < -0.4 is 4.90 Å². The Morgan fingerprint density at radius 3 is 2.04 bits per heavy atom. The predicted octanol–water partition coefficient (Wildman–Crippen LogP) is 5.51. The van der Waals surface area contributed by atoms with E-state index in [0.29, 0.717) is 13.2 Å². The quantitative estimate of drug-likeness (QED) is 0.308. The second-order valence-electron chi connectivity index (χ2n) is 8.73. The highest BCUT2D eigenvalue weighted by molar-refractivity contribution is 6.63. The Hall–Kier alpha value is -0.666. The van der Waals surface area contributed by atoms with Gasteiger partial charge < -0.3 is 18.2 Å². The highest BCUT2D eigenvalue weighted by Gasteiger charge is 2.42. The first kappa shape index (κ1) is 25.4. The molecule has 0 fully saturated rings. The van der Waals surface area contributed by atoms with Gasteiger partial charge in [0.2, 0.25) is 0 Å². The summed E-state index contributed by atoms with van der Waals surface area (Å²) in [7, 11) is -3.49. The molecule has 0 aromatic heterocycles. The first-order valence-corrected chi connectivity index (χ1v) is 15.8. The zero-order chi connectivity index (χ0) is 21.2. The second-order valence-corrected chi connectivity index (χ2v) is 14.8. The summed E-state index contributed by atoms with van der Waals surface area (Å²) >= 11 is 0. The molecule has 0 N–H and O–H groups in total. The standard InChI is InChI=1S/C22H43NO3Si2/c1-9-24-28(25-10-2,26-20(3)27(7)8)19-15-14-18-23(22(4,5)6)21-16-12-11-13-17-21/h11-13,16-17,20,27H,9-10,14-15,18-19H2,1-8H3. The lowest BCUT2D eigenvalue weighted by atomic mass is 10.0. The van der Waals surface area contributed by atoms with Gasteiger partial charge in [-0.25, -0.2) is 0 Å². The molecule has 0 saturated carbocycles. The molecule has 1 aromatic rings. The third kappa shape index (κ3) is 8.37. The Labute approximate surface area is 176 Å². The predicted molar refractivity (Wildman–Crippen MR) is 126 cm³/mol. The third-order valence-electron chi connectivity index (χ3n) is 5.03. The number of unbranched alkanes of at least 4 members (excludes halogenated alkanes) is 1. The highest BCUT2D eigenvalue weighted by atomic mass is 28.4. The fourth-order valence-corrected chi connectivity index (χ4v) is 7.71. The van der Waals surface area contributed by atoms with Gasteiger partial charge in [-0.05, 0) is 66.5 Å². The van der Waals surface area contributed by atoms with E-state index in [1.165, 1.54) is 5.69 Å². The van der Waals surface area contributed by atoms with Crippen LogP contribution >= 0.6 is 0 Å². The van der Waals surface area contributed by atoms with E-state index < -0.39 is 17.6 Å². The van der Waals surface area contributed by atoms with Gasteiger partial charge in [0, 0.05) is 42.8 Å². The summed E-state index contributed by atoms with van der Waals surface area (Å²) in [6, 6.07) is 11.6. The molecule has 0 aliphatic rings. The van der Waals surface area contributed by atoms with Crippen molar-refractivity contribution in [3.8, 4) is 0 Å². The number of hydrogen-bond acceptors (Lipinski definition) is 4. The maximum Gasteiger partial charge on any atom is 0.500 e. The minimum Gasteiger partial charge on any atom is -0.374 e. The van der Waals surface area contributed by atoms with E-state index in [4.69, 9.17) is 13.3 Å². The van der Waals surface area contributed by atoms with Gasteiger partial charge in [0.05, 0.1) is 8.80 Å². The van der Waals surface area contributed by atoms with Gasteiger partial charge in [0.25, 0.3) is 0 Å². The number of para-hydroxylation sites is 1. The summed E-state index contributed by atoms with van der Waals surface area (Å²) in [5.41, 5.74) is 1.65. The van der Waals surface area contributed by atoms with Crippen LogP contribution in [0.15, 0.2) is 30.3 Å². The van der Waals surface area contributed by atoms with Crippen LogP contribution in [-0.2, 0) is 13.3 Å². The monoisotopic (exact) mass is 425 g/mol. The van der Waals surface area contributed by atoms with Crippen molar-refractivity contribution in [1.82, 2.24) is 0 Å². The van der Waals surface area contributed by atoms with Crippen LogP contribution in [0.25, 0.3) is 0 Å². The molecule has 0 saturated heterocycles. The van der Waals surface area contributed by atoms with Crippen molar-refractivity contribution in [1.29, 1.82) is 0 Å². The molecule has 6 heteroatoms. The van der Waals surface area contributed by atoms with E-state index in [1.807, 2.05) is 13.8 Å². The Balaban J connectivity index is 2.75. The van der Waals surface area contributed by atoms with Gasteiger partial charge in [0.1, 0.15) is 0 Å². The Morgan fingerprint density at radius 1 is 1.00 bits per heavy atom. The van der Waals surface area contributed by atoms with Crippen LogP contribution in [-0.4, -0.2) is 48.6 Å². The Kier molecular flexibility index (Phi) is 11.0. The number of anilines is 1. The van der Waals surface area contributed by atoms with Crippen molar-refractivity contribution < 1.29 is 13.3 Å². The molecule has 0 bridgehead atoms.